The van der Waals surface area contributed by atoms with E-state index in [0.717, 1.165) is 17.0 Å². The number of nitrogens with zero attached hydrogens (tertiary/aromatic N) is 3. The second kappa shape index (κ2) is 5.66. The minimum absolute atomic E-state index is 0.269. The number of hydrogen-bond donors (Lipinski definition) is 0. The Morgan fingerprint density at radius 3 is 2.36 bits per heavy atom. The third-order valence-electron chi connectivity index (χ3n) is 4.36. The molecule has 1 aromatic rings. The molecule has 9 heteroatoms. The van der Waals surface area contributed by atoms with Crippen LogP contribution in [-0.2, 0) is 23.9 Å². The third-order valence-corrected chi connectivity index (χ3v) is 4.62. The van der Waals surface area contributed by atoms with Crippen LogP contribution >= 0.6 is 11.6 Å². The Morgan fingerprint density at radius 2 is 1.84 bits per heavy atom. The zero-order valence-corrected chi connectivity index (χ0v) is 14.4. The number of amides is 3. The van der Waals surface area contributed by atoms with Gasteiger partial charge < -0.3 is 4.74 Å². The van der Waals surface area contributed by atoms with Gasteiger partial charge in [0, 0.05) is 11.9 Å². The number of benzene rings is 1. The zero-order chi connectivity index (χ0) is 18.5. The summed E-state index contributed by atoms with van der Waals surface area (Å²) in [5, 5.41) is 5.21. The van der Waals surface area contributed by atoms with Crippen LogP contribution in [-0.4, -0.2) is 47.1 Å². The molecule has 2 aliphatic heterocycles. The smallest absolute Gasteiger partial charge is 0.355 e. The first kappa shape index (κ1) is 17.1. The van der Waals surface area contributed by atoms with Gasteiger partial charge in [-0.3, -0.25) is 14.4 Å². The maximum atomic E-state index is 13.0. The first-order chi connectivity index (χ1) is 11.7. The van der Waals surface area contributed by atoms with Crippen LogP contribution in [0.25, 0.3) is 0 Å². The summed E-state index contributed by atoms with van der Waals surface area (Å²) in [5.41, 5.74) is -1.59. The molecule has 0 N–H and O–H groups in total. The maximum Gasteiger partial charge on any atom is 0.355 e. The quantitative estimate of drug-likeness (QED) is 0.576. The highest BCUT2D eigenvalue weighted by atomic mass is 35.5. The van der Waals surface area contributed by atoms with Crippen LogP contribution in [0.1, 0.15) is 13.8 Å². The van der Waals surface area contributed by atoms with E-state index in [9.17, 15) is 19.2 Å². The summed E-state index contributed by atoms with van der Waals surface area (Å²) >= 11 is 5.84. The van der Waals surface area contributed by atoms with Crippen LogP contribution < -0.4 is 4.90 Å². The summed E-state index contributed by atoms with van der Waals surface area (Å²) < 4.78 is 4.65. The minimum atomic E-state index is -1.62. The van der Waals surface area contributed by atoms with E-state index >= 15 is 0 Å². The molecule has 0 aliphatic carbocycles. The van der Waals surface area contributed by atoms with E-state index in [1.165, 1.54) is 38.1 Å². The summed E-state index contributed by atoms with van der Waals surface area (Å²) in [6.45, 7) is 2.61. The summed E-state index contributed by atoms with van der Waals surface area (Å²) in [6, 6.07) is 6.09. The van der Waals surface area contributed by atoms with Gasteiger partial charge >= 0.3 is 5.97 Å². The molecule has 1 aromatic carbocycles. The Kier molecular flexibility index (Phi) is 3.87. The number of carbonyl (C=O) groups excluding carboxylic acids is 4. The molecule has 2 heterocycles. The minimum Gasteiger partial charge on any atom is -0.464 e. The molecular formula is C16H14ClN3O5. The summed E-state index contributed by atoms with van der Waals surface area (Å²) in [5.74, 6) is -3.96. The highest BCUT2D eigenvalue weighted by molar-refractivity contribution is 6.47. The second-order valence-corrected chi connectivity index (χ2v) is 6.28. The molecule has 2 unspecified atom stereocenters. The second-order valence-electron chi connectivity index (χ2n) is 5.84. The van der Waals surface area contributed by atoms with Crippen LogP contribution in [0.4, 0.5) is 5.69 Å². The van der Waals surface area contributed by atoms with Crippen molar-refractivity contribution in [2.45, 2.75) is 19.4 Å². The number of hydrazone groups is 1. The van der Waals surface area contributed by atoms with Crippen molar-refractivity contribution >= 4 is 46.7 Å². The van der Waals surface area contributed by atoms with Crippen molar-refractivity contribution in [1.82, 2.24) is 5.01 Å². The average Bonchev–Trinajstić information content (AvgIpc) is 2.99. The number of rotatable bonds is 2. The molecule has 2 aliphatic rings. The molecule has 0 radical (unpaired) electrons. The standard InChI is InChI=1S/C16H14ClN3O5/c1-8(21)20-16(2)11(12(18-20)14(23)25-3)13(22)19(15(16)24)10-6-4-9(17)5-7-10/h4-7,11H,1-3H3. The lowest BCUT2D eigenvalue weighted by molar-refractivity contribution is -0.142. The molecule has 25 heavy (non-hydrogen) atoms. The Morgan fingerprint density at radius 1 is 1.24 bits per heavy atom. The van der Waals surface area contributed by atoms with Crippen molar-refractivity contribution in [3.63, 3.8) is 0 Å². The fraction of sp³-hybridized carbons (Fsp3) is 0.312. The Balaban J connectivity index is 2.14. The molecular weight excluding hydrogens is 350 g/mol. The molecule has 8 nitrogen and oxygen atoms in total. The lowest BCUT2D eigenvalue weighted by Gasteiger charge is -2.28. The lowest BCUT2D eigenvalue weighted by atomic mass is 9.85. The SMILES string of the molecule is COC(=O)C1=NN(C(C)=O)C2(C)C(=O)N(c3ccc(Cl)cc3)C(=O)C12. The number of hydrogen-bond acceptors (Lipinski definition) is 6. The fourth-order valence-electron chi connectivity index (χ4n) is 3.18. The van der Waals surface area contributed by atoms with Gasteiger partial charge in [0.05, 0.1) is 12.8 Å². The van der Waals surface area contributed by atoms with E-state index in [0.29, 0.717) is 10.7 Å². The van der Waals surface area contributed by atoms with Crippen molar-refractivity contribution in [2.24, 2.45) is 11.0 Å². The summed E-state index contributed by atoms with van der Waals surface area (Å²) in [7, 11) is 1.14. The molecule has 1 saturated heterocycles. The number of esters is 1. The van der Waals surface area contributed by atoms with Gasteiger partial charge in [0.1, 0.15) is 5.92 Å². The molecule has 0 spiro atoms. The van der Waals surface area contributed by atoms with Gasteiger partial charge in [0.15, 0.2) is 11.3 Å². The Bertz CT molecular complexity index is 835. The van der Waals surface area contributed by atoms with Crippen LogP contribution in [0.5, 0.6) is 0 Å². The van der Waals surface area contributed by atoms with Crippen LogP contribution in [0, 0.1) is 5.92 Å². The van der Waals surface area contributed by atoms with Crippen molar-refractivity contribution in [2.75, 3.05) is 12.0 Å². The van der Waals surface area contributed by atoms with Gasteiger partial charge in [-0.05, 0) is 31.2 Å². The lowest BCUT2D eigenvalue weighted by Crippen LogP contribution is -2.52. The van der Waals surface area contributed by atoms with Gasteiger partial charge in [-0.1, -0.05) is 11.6 Å². The highest BCUT2D eigenvalue weighted by Gasteiger charge is 2.67. The van der Waals surface area contributed by atoms with Crippen molar-refractivity contribution < 1.29 is 23.9 Å². The van der Waals surface area contributed by atoms with Gasteiger partial charge in [-0.2, -0.15) is 5.10 Å². The number of carbonyl (C=O) groups is 4. The van der Waals surface area contributed by atoms with Crippen LogP contribution in [0.3, 0.4) is 0 Å². The predicted molar refractivity (Wildman–Crippen MR) is 87.8 cm³/mol. The number of imide groups is 1. The first-order valence-corrected chi connectivity index (χ1v) is 7.72. The van der Waals surface area contributed by atoms with Gasteiger partial charge in [0.25, 0.3) is 5.91 Å². The van der Waals surface area contributed by atoms with Gasteiger partial charge in [-0.25, -0.2) is 14.7 Å². The average molecular weight is 364 g/mol. The van der Waals surface area contributed by atoms with E-state index < -0.39 is 35.1 Å². The number of fused-ring (bicyclic) bond motifs is 1. The van der Waals surface area contributed by atoms with Crippen LogP contribution in [0.15, 0.2) is 29.4 Å². The molecule has 130 valence electrons. The van der Waals surface area contributed by atoms with Crippen molar-refractivity contribution in [3.05, 3.63) is 29.3 Å². The van der Waals surface area contributed by atoms with Crippen molar-refractivity contribution in [1.29, 1.82) is 0 Å². The normalized spacial score (nSPS) is 25.1. The number of halogens is 1. The largest absolute Gasteiger partial charge is 0.464 e. The summed E-state index contributed by atoms with van der Waals surface area (Å²) in [4.78, 5) is 50.9. The predicted octanol–water partition coefficient (Wildman–Crippen LogP) is 0.979. The Labute approximate surface area is 148 Å². The van der Waals surface area contributed by atoms with Crippen molar-refractivity contribution in [3.8, 4) is 0 Å². The van der Waals surface area contributed by atoms with E-state index in [1.807, 2.05) is 0 Å². The molecule has 2 atom stereocenters. The fourth-order valence-corrected chi connectivity index (χ4v) is 3.31. The first-order valence-electron chi connectivity index (χ1n) is 7.35. The molecule has 0 saturated carbocycles. The molecule has 3 rings (SSSR count). The Hall–Kier alpha value is -2.74. The van der Waals surface area contributed by atoms with E-state index in [1.54, 1.807) is 0 Å². The molecule has 0 bridgehead atoms. The molecule has 1 fully saturated rings. The molecule has 0 aromatic heterocycles. The number of methoxy groups -OCH3 is 1. The highest BCUT2D eigenvalue weighted by Crippen LogP contribution is 2.43. The monoisotopic (exact) mass is 363 g/mol. The number of ether oxygens (including phenoxy) is 1. The summed E-state index contributed by atoms with van der Waals surface area (Å²) in [6.07, 6.45) is 0. The van der Waals surface area contributed by atoms with E-state index in [-0.39, 0.29) is 5.71 Å². The maximum absolute atomic E-state index is 13.0. The molecule has 3 amide bonds. The van der Waals surface area contributed by atoms with Gasteiger partial charge in [-0.15, -0.1) is 0 Å². The third kappa shape index (κ3) is 2.25. The topological polar surface area (TPSA) is 96.3 Å². The zero-order valence-electron chi connectivity index (χ0n) is 13.6. The van der Waals surface area contributed by atoms with Crippen LogP contribution in [0.2, 0.25) is 5.02 Å². The van der Waals surface area contributed by atoms with E-state index in [2.05, 4.69) is 9.84 Å². The van der Waals surface area contributed by atoms with E-state index in [4.69, 9.17) is 11.6 Å². The number of anilines is 1. The van der Waals surface area contributed by atoms with Gasteiger partial charge in [0.2, 0.25) is 11.8 Å².